The number of benzene rings is 1. The number of furan rings is 1. The monoisotopic (exact) mass is 260 g/mol. The molecule has 1 unspecified atom stereocenters. The molecule has 0 aliphatic carbocycles. The predicted octanol–water partition coefficient (Wildman–Crippen LogP) is 2.24. The maximum Gasteiger partial charge on any atom is 0.134 e. The normalized spacial score (nSPS) is 20.8. The van der Waals surface area contributed by atoms with Crippen molar-refractivity contribution < 1.29 is 9.15 Å². The lowest BCUT2D eigenvalue weighted by Gasteiger charge is -2.30. The summed E-state index contributed by atoms with van der Waals surface area (Å²) in [6, 6.07) is 8.59. The van der Waals surface area contributed by atoms with Gasteiger partial charge in [-0.15, -0.1) is 0 Å². The van der Waals surface area contributed by atoms with Crippen molar-refractivity contribution in [1.29, 1.82) is 0 Å². The quantitative estimate of drug-likeness (QED) is 0.918. The second kappa shape index (κ2) is 5.23. The molecule has 1 aliphatic heterocycles. The first kappa shape index (κ1) is 12.5. The number of rotatable bonds is 3. The highest BCUT2D eigenvalue weighted by Gasteiger charge is 2.17. The molecule has 1 aromatic heterocycles. The van der Waals surface area contributed by atoms with Crippen LogP contribution in [0.1, 0.15) is 12.7 Å². The highest BCUT2D eigenvalue weighted by atomic mass is 16.5. The van der Waals surface area contributed by atoms with Gasteiger partial charge in [-0.3, -0.25) is 4.90 Å². The van der Waals surface area contributed by atoms with Gasteiger partial charge in [-0.2, -0.15) is 0 Å². The number of ether oxygens (including phenoxy) is 1. The maximum absolute atomic E-state index is 5.89. The molecule has 102 valence electrons. The van der Waals surface area contributed by atoms with Gasteiger partial charge in [-0.25, -0.2) is 0 Å². The zero-order valence-electron chi connectivity index (χ0n) is 11.5. The lowest BCUT2D eigenvalue weighted by atomic mass is 10.2. The van der Waals surface area contributed by atoms with Crippen molar-refractivity contribution in [2.24, 2.45) is 0 Å². The SMILES string of the molecule is COc1ccc2oc(CN3CCNC(C)C3)cc2c1. The van der Waals surface area contributed by atoms with Gasteiger partial charge in [0.05, 0.1) is 13.7 Å². The van der Waals surface area contributed by atoms with Crippen LogP contribution in [0.4, 0.5) is 0 Å². The van der Waals surface area contributed by atoms with Crippen molar-refractivity contribution >= 4 is 11.0 Å². The lowest BCUT2D eigenvalue weighted by Crippen LogP contribution is -2.48. The summed E-state index contributed by atoms with van der Waals surface area (Å²) >= 11 is 0. The summed E-state index contributed by atoms with van der Waals surface area (Å²) in [5.74, 6) is 1.90. The molecule has 0 spiro atoms. The fourth-order valence-electron chi connectivity index (χ4n) is 2.66. The molecule has 0 amide bonds. The topological polar surface area (TPSA) is 37.6 Å². The molecule has 4 heteroatoms. The number of piperazine rings is 1. The van der Waals surface area contributed by atoms with Crippen LogP contribution in [0, 0.1) is 0 Å². The fraction of sp³-hybridized carbons (Fsp3) is 0.467. The van der Waals surface area contributed by atoms with Crippen molar-refractivity contribution in [2.75, 3.05) is 26.7 Å². The third-order valence-electron chi connectivity index (χ3n) is 3.61. The smallest absolute Gasteiger partial charge is 0.134 e. The number of nitrogens with one attached hydrogen (secondary N) is 1. The standard InChI is InChI=1S/C15H20N2O2/c1-11-9-17(6-5-16-11)10-14-8-12-7-13(18-2)3-4-15(12)19-14/h3-4,7-8,11,16H,5-6,9-10H2,1-2H3. The van der Waals surface area contributed by atoms with Crippen LogP contribution in [0.3, 0.4) is 0 Å². The van der Waals surface area contributed by atoms with E-state index in [1.165, 1.54) is 0 Å². The van der Waals surface area contributed by atoms with Crippen LogP contribution in [-0.2, 0) is 6.54 Å². The molecule has 0 radical (unpaired) electrons. The van der Waals surface area contributed by atoms with E-state index in [4.69, 9.17) is 9.15 Å². The van der Waals surface area contributed by atoms with E-state index in [-0.39, 0.29) is 0 Å². The minimum atomic E-state index is 0.554. The minimum absolute atomic E-state index is 0.554. The third kappa shape index (κ3) is 2.74. The van der Waals surface area contributed by atoms with Gasteiger partial charge >= 0.3 is 0 Å². The second-order valence-corrected chi connectivity index (χ2v) is 5.21. The number of hydrogen-bond acceptors (Lipinski definition) is 4. The molecular formula is C15H20N2O2. The van der Waals surface area contributed by atoms with Crippen LogP contribution in [0.5, 0.6) is 5.75 Å². The van der Waals surface area contributed by atoms with Gasteiger partial charge in [-0.05, 0) is 31.2 Å². The average Bonchev–Trinajstić information content (AvgIpc) is 2.79. The highest BCUT2D eigenvalue weighted by molar-refractivity contribution is 5.79. The molecule has 1 fully saturated rings. The predicted molar refractivity (Wildman–Crippen MR) is 75.5 cm³/mol. The summed E-state index contributed by atoms with van der Waals surface area (Å²) in [6.45, 7) is 6.29. The van der Waals surface area contributed by atoms with E-state index >= 15 is 0 Å². The van der Waals surface area contributed by atoms with Crippen LogP contribution in [0.15, 0.2) is 28.7 Å². The molecular weight excluding hydrogens is 240 g/mol. The fourth-order valence-corrected chi connectivity index (χ4v) is 2.66. The summed E-state index contributed by atoms with van der Waals surface area (Å²) < 4.78 is 11.1. The molecule has 0 bridgehead atoms. The molecule has 2 heterocycles. The number of methoxy groups -OCH3 is 1. The van der Waals surface area contributed by atoms with Crippen molar-refractivity contribution in [1.82, 2.24) is 10.2 Å². The van der Waals surface area contributed by atoms with Gasteiger partial charge in [-0.1, -0.05) is 0 Å². The Balaban J connectivity index is 1.77. The van der Waals surface area contributed by atoms with E-state index in [1.54, 1.807) is 7.11 Å². The van der Waals surface area contributed by atoms with E-state index in [9.17, 15) is 0 Å². The van der Waals surface area contributed by atoms with Crippen molar-refractivity contribution in [3.63, 3.8) is 0 Å². The molecule has 4 nitrogen and oxygen atoms in total. The highest BCUT2D eigenvalue weighted by Crippen LogP contribution is 2.25. The van der Waals surface area contributed by atoms with Gasteiger partial charge in [0, 0.05) is 31.1 Å². The lowest BCUT2D eigenvalue weighted by molar-refractivity contribution is 0.188. The van der Waals surface area contributed by atoms with Crippen LogP contribution in [0.2, 0.25) is 0 Å². The molecule has 1 saturated heterocycles. The van der Waals surface area contributed by atoms with Crippen LogP contribution in [0.25, 0.3) is 11.0 Å². The Morgan fingerprint density at radius 1 is 1.42 bits per heavy atom. The molecule has 1 atom stereocenters. The van der Waals surface area contributed by atoms with Gasteiger partial charge in [0.1, 0.15) is 17.1 Å². The Labute approximate surface area is 113 Å². The van der Waals surface area contributed by atoms with E-state index in [1.807, 2.05) is 18.2 Å². The van der Waals surface area contributed by atoms with E-state index < -0.39 is 0 Å². The Hall–Kier alpha value is -1.52. The van der Waals surface area contributed by atoms with E-state index in [2.05, 4.69) is 23.2 Å². The van der Waals surface area contributed by atoms with Gasteiger partial charge in [0.15, 0.2) is 0 Å². The summed E-state index contributed by atoms with van der Waals surface area (Å²) in [7, 11) is 1.68. The Morgan fingerprint density at radius 2 is 2.32 bits per heavy atom. The first-order valence-electron chi connectivity index (χ1n) is 6.77. The number of nitrogens with zero attached hydrogens (tertiary/aromatic N) is 1. The Bertz CT molecular complexity index is 564. The van der Waals surface area contributed by atoms with Crippen molar-refractivity contribution in [3.8, 4) is 5.75 Å². The maximum atomic E-state index is 5.89. The van der Waals surface area contributed by atoms with E-state index in [0.717, 1.165) is 48.7 Å². The largest absolute Gasteiger partial charge is 0.497 e. The first-order valence-corrected chi connectivity index (χ1v) is 6.77. The zero-order valence-corrected chi connectivity index (χ0v) is 11.5. The molecule has 1 aromatic carbocycles. The summed E-state index contributed by atoms with van der Waals surface area (Å²) in [5, 5.41) is 4.56. The van der Waals surface area contributed by atoms with Gasteiger partial charge in [0.25, 0.3) is 0 Å². The third-order valence-corrected chi connectivity index (χ3v) is 3.61. The number of hydrogen-bond donors (Lipinski definition) is 1. The average molecular weight is 260 g/mol. The minimum Gasteiger partial charge on any atom is -0.497 e. The van der Waals surface area contributed by atoms with Crippen LogP contribution >= 0.6 is 0 Å². The van der Waals surface area contributed by atoms with Gasteiger partial charge < -0.3 is 14.5 Å². The van der Waals surface area contributed by atoms with Crippen LogP contribution < -0.4 is 10.1 Å². The molecule has 0 saturated carbocycles. The van der Waals surface area contributed by atoms with Crippen molar-refractivity contribution in [2.45, 2.75) is 19.5 Å². The summed E-state index contributed by atoms with van der Waals surface area (Å²) in [6.07, 6.45) is 0. The molecule has 19 heavy (non-hydrogen) atoms. The molecule has 2 aromatic rings. The molecule has 3 rings (SSSR count). The molecule has 1 N–H and O–H groups in total. The van der Waals surface area contributed by atoms with Crippen LogP contribution in [-0.4, -0.2) is 37.7 Å². The summed E-state index contributed by atoms with van der Waals surface area (Å²) in [4.78, 5) is 2.43. The Morgan fingerprint density at radius 3 is 3.11 bits per heavy atom. The molecule has 1 aliphatic rings. The first-order chi connectivity index (χ1) is 9.24. The zero-order chi connectivity index (χ0) is 13.2. The Kier molecular flexibility index (Phi) is 3.44. The van der Waals surface area contributed by atoms with E-state index in [0.29, 0.717) is 6.04 Å². The second-order valence-electron chi connectivity index (χ2n) is 5.21. The van der Waals surface area contributed by atoms with Crippen molar-refractivity contribution in [3.05, 3.63) is 30.0 Å². The van der Waals surface area contributed by atoms with Gasteiger partial charge in [0.2, 0.25) is 0 Å². The summed E-state index contributed by atoms with van der Waals surface area (Å²) in [5.41, 5.74) is 0.930. The number of fused-ring (bicyclic) bond motifs is 1.